The molecule has 4 aromatic heterocycles. The van der Waals surface area contributed by atoms with Crippen LogP contribution in [0.5, 0.6) is 0 Å². The average Bonchev–Trinajstić information content (AvgIpc) is 2.86. The second-order valence-corrected chi connectivity index (χ2v) is 8.65. The summed E-state index contributed by atoms with van der Waals surface area (Å²) in [4.78, 5) is 32.2. The standard InChI is InChI=1S/C26H28N8/c1-19-4-3-5-24(30-19)26-28-11-9-22(32-26)16-21-8-10-27-25(31-21)17-20-6-7-23(18-29-20)34-14-12-33(2)13-15-34/h3-11,18H,12-17H2,1-2H3. The number of aromatic nitrogens is 6. The molecule has 0 aliphatic carbocycles. The number of aryl methyl sites for hydroxylation is 1. The highest BCUT2D eigenvalue weighted by Crippen LogP contribution is 2.17. The third kappa shape index (κ3) is 5.40. The lowest BCUT2D eigenvalue weighted by Gasteiger charge is -2.33. The van der Waals surface area contributed by atoms with Gasteiger partial charge in [0.2, 0.25) is 0 Å². The molecule has 0 radical (unpaired) electrons. The number of nitrogens with zero attached hydrogens (tertiary/aromatic N) is 8. The fraction of sp³-hybridized carbons (Fsp3) is 0.308. The molecular formula is C26H28N8. The molecule has 0 N–H and O–H groups in total. The van der Waals surface area contributed by atoms with E-state index in [0.717, 1.165) is 60.5 Å². The van der Waals surface area contributed by atoms with E-state index in [-0.39, 0.29) is 0 Å². The van der Waals surface area contributed by atoms with Crippen LogP contribution in [0.4, 0.5) is 5.69 Å². The van der Waals surface area contributed by atoms with Gasteiger partial charge in [0, 0.05) is 56.4 Å². The van der Waals surface area contributed by atoms with E-state index in [1.165, 1.54) is 5.69 Å². The van der Waals surface area contributed by atoms with Gasteiger partial charge in [-0.15, -0.1) is 0 Å². The van der Waals surface area contributed by atoms with Crippen LogP contribution in [0.25, 0.3) is 11.5 Å². The third-order valence-electron chi connectivity index (χ3n) is 5.97. The minimum Gasteiger partial charge on any atom is -0.368 e. The molecule has 0 bridgehead atoms. The van der Waals surface area contributed by atoms with Gasteiger partial charge >= 0.3 is 0 Å². The number of likely N-dealkylation sites (N-methyl/N-ethyl adjacent to an activating group) is 1. The van der Waals surface area contributed by atoms with Gasteiger partial charge in [0.05, 0.1) is 29.7 Å². The van der Waals surface area contributed by atoms with Crippen molar-refractivity contribution in [3.63, 3.8) is 0 Å². The van der Waals surface area contributed by atoms with E-state index in [4.69, 9.17) is 9.97 Å². The molecule has 5 heterocycles. The molecule has 34 heavy (non-hydrogen) atoms. The van der Waals surface area contributed by atoms with Crippen LogP contribution in [0, 0.1) is 6.92 Å². The Labute approximate surface area is 199 Å². The van der Waals surface area contributed by atoms with Crippen LogP contribution in [-0.2, 0) is 12.8 Å². The Morgan fingerprint density at radius 3 is 2.29 bits per heavy atom. The highest BCUT2D eigenvalue weighted by Gasteiger charge is 2.14. The summed E-state index contributed by atoms with van der Waals surface area (Å²) in [6.07, 6.45) is 6.74. The summed E-state index contributed by atoms with van der Waals surface area (Å²) in [5.41, 5.74) is 5.67. The quantitative estimate of drug-likeness (QED) is 0.442. The molecule has 0 atom stereocenters. The summed E-state index contributed by atoms with van der Waals surface area (Å²) in [6, 6.07) is 13.9. The molecule has 1 aliphatic heterocycles. The maximum absolute atomic E-state index is 4.76. The fourth-order valence-corrected chi connectivity index (χ4v) is 4.03. The summed E-state index contributed by atoms with van der Waals surface area (Å²) < 4.78 is 0. The lowest BCUT2D eigenvalue weighted by atomic mass is 10.2. The molecule has 1 saturated heterocycles. The maximum atomic E-state index is 4.76. The summed E-state index contributed by atoms with van der Waals surface area (Å²) in [6.45, 7) is 6.20. The lowest BCUT2D eigenvalue weighted by molar-refractivity contribution is 0.313. The van der Waals surface area contributed by atoms with Crippen LogP contribution in [0.2, 0.25) is 0 Å². The largest absolute Gasteiger partial charge is 0.368 e. The van der Waals surface area contributed by atoms with Crippen LogP contribution in [0.1, 0.15) is 28.6 Å². The third-order valence-corrected chi connectivity index (χ3v) is 5.97. The van der Waals surface area contributed by atoms with Crippen LogP contribution < -0.4 is 4.90 Å². The summed E-state index contributed by atoms with van der Waals surface area (Å²) in [5.74, 6) is 1.38. The zero-order chi connectivity index (χ0) is 23.3. The Hall–Kier alpha value is -3.78. The Balaban J connectivity index is 1.26. The van der Waals surface area contributed by atoms with Crippen LogP contribution >= 0.6 is 0 Å². The smallest absolute Gasteiger partial charge is 0.178 e. The number of pyridine rings is 2. The highest BCUT2D eigenvalue weighted by molar-refractivity contribution is 5.49. The van der Waals surface area contributed by atoms with E-state index in [0.29, 0.717) is 18.7 Å². The first-order valence-corrected chi connectivity index (χ1v) is 11.6. The molecule has 8 nitrogen and oxygen atoms in total. The number of hydrogen-bond acceptors (Lipinski definition) is 8. The summed E-state index contributed by atoms with van der Waals surface area (Å²) in [7, 11) is 2.16. The minimum atomic E-state index is 0.596. The molecule has 0 saturated carbocycles. The van der Waals surface area contributed by atoms with Crippen LogP contribution in [0.3, 0.4) is 0 Å². The van der Waals surface area contributed by atoms with E-state index in [1.807, 2.05) is 43.5 Å². The molecular weight excluding hydrogens is 424 g/mol. The summed E-state index contributed by atoms with van der Waals surface area (Å²) in [5, 5.41) is 0. The van der Waals surface area contributed by atoms with Crippen molar-refractivity contribution >= 4 is 5.69 Å². The van der Waals surface area contributed by atoms with Gasteiger partial charge in [0.25, 0.3) is 0 Å². The molecule has 172 valence electrons. The first-order chi connectivity index (χ1) is 16.6. The van der Waals surface area contributed by atoms with Gasteiger partial charge in [-0.2, -0.15) is 0 Å². The van der Waals surface area contributed by atoms with Crippen molar-refractivity contribution in [2.24, 2.45) is 0 Å². The zero-order valence-electron chi connectivity index (χ0n) is 19.6. The van der Waals surface area contributed by atoms with Gasteiger partial charge in [-0.05, 0) is 50.4 Å². The molecule has 0 amide bonds. The van der Waals surface area contributed by atoms with E-state index < -0.39 is 0 Å². The Kier molecular flexibility index (Phi) is 6.49. The zero-order valence-corrected chi connectivity index (χ0v) is 19.6. The van der Waals surface area contributed by atoms with Crippen molar-refractivity contribution in [2.75, 3.05) is 38.1 Å². The van der Waals surface area contributed by atoms with Crippen molar-refractivity contribution in [3.8, 4) is 11.5 Å². The van der Waals surface area contributed by atoms with Crippen LogP contribution in [-0.4, -0.2) is 68.0 Å². The van der Waals surface area contributed by atoms with Crippen molar-refractivity contribution < 1.29 is 0 Å². The monoisotopic (exact) mass is 452 g/mol. The number of piperazine rings is 1. The predicted octanol–water partition coefficient (Wildman–Crippen LogP) is 2.97. The molecule has 5 rings (SSSR count). The van der Waals surface area contributed by atoms with E-state index in [9.17, 15) is 0 Å². The second kappa shape index (κ2) is 10.0. The SMILES string of the molecule is Cc1cccc(-c2nccc(Cc3ccnc(Cc4ccc(N5CCN(C)CC5)cn4)n3)n2)n1. The van der Waals surface area contributed by atoms with E-state index >= 15 is 0 Å². The van der Waals surface area contributed by atoms with Crippen molar-refractivity contribution in [3.05, 3.63) is 89.7 Å². The van der Waals surface area contributed by atoms with Crippen molar-refractivity contribution in [2.45, 2.75) is 19.8 Å². The van der Waals surface area contributed by atoms with Gasteiger partial charge in [-0.3, -0.25) is 4.98 Å². The Morgan fingerprint density at radius 2 is 1.53 bits per heavy atom. The van der Waals surface area contributed by atoms with Gasteiger partial charge in [-0.25, -0.2) is 24.9 Å². The molecule has 4 aromatic rings. The molecule has 0 spiro atoms. The molecule has 1 aliphatic rings. The van der Waals surface area contributed by atoms with Gasteiger partial charge < -0.3 is 9.80 Å². The topological polar surface area (TPSA) is 83.8 Å². The van der Waals surface area contributed by atoms with E-state index in [1.54, 1.807) is 12.4 Å². The Bertz CT molecular complexity index is 1250. The maximum Gasteiger partial charge on any atom is 0.178 e. The Morgan fingerprint density at radius 1 is 0.735 bits per heavy atom. The first kappa shape index (κ1) is 22.0. The minimum absolute atomic E-state index is 0.596. The lowest BCUT2D eigenvalue weighted by Crippen LogP contribution is -2.44. The molecule has 0 aromatic carbocycles. The second-order valence-electron chi connectivity index (χ2n) is 8.65. The number of hydrogen-bond donors (Lipinski definition) is 0. The molecule has 0 unspecified atom stereocenters. The average molecular weight is 453 g/mol. The number of rotatable bonds is 6. The fourth-order valence-electron chi connectivity index (χ4n) is 4.03. The highest BCUT2D eigenvalue weighted by atomic mass is 15.2. The van der Waals surface area contributed by atoms with Crippen molar-refractivity contribution in [1.82, 2.24) is 34.8 Å². The van der Waals surface area contributed by atoms with E-state index in [2.05, 4.69) is 48.9 Å². The van der Waals surface area contributed by atoms with Gasteiger partial charge in [0.1, 0.15) is 11.5 Å². The number of anilines is 1. The van der Waals surface area contributed by atoms with Gasteiger partial charge in [0.15, 0.2) is 5.82 Å². The first-order valence-electron chi connectivity index (χ1n) is 11.6. The molecule has 8 heteroatoms. The van der Waals surface area contributed by atoms with Gasteiger partial charge in [-0.1, -0.05) is 6.07 Å². The normalized spacial score (nSPS) is 14.4. The van der Waals surface area contributed by atoms with Crippen molar-refractivity contribution in [1.29, 1.82) is 0 Å². The van der Waals surface area contributed by atoms with Crippen LogP contribution in [0.15, 0.2) is 61.1 Å². The molecule has 1 fully saturated rings. The summed E-state index contributed by atoms with van der Waals surface area (Å²) >= 11 is 0. The predicted molar refractivity (Wildman–Crippen MR) is 132 cm³/mol.